The van der Waals surface area contributed by atoms with Gasteiger partial charge in [0.25, 0.3) is 5.56 Å². The van der Waals surface area contributed by atoms with Crippen molar-refractivity contribution in [1.82, 2.24) is 19.9 Å². The van der Waals surface area contributed by atoms with Crippen LogP contribution < -0.4 is 10.9 Å². The van der Waals surface area contributed by atoms with Crippen LogP contribution in [-0.4, -0.2) is 14.6 Å². The van der Waals surface area contributed by atoms with Gasteiger partial charge in [-0.1, -0.05) is 42.0 Å². The Morgan fingerprint density at radius 1 is 1.35 bits per heavy atom. The van der Waals surface area contributed by atoms with Crippen LogP contribution in [0.5, 0.6) is 0 Å². The van der Waals surface area contributed by atoms with Crippen LogP contribution >= 0.6 is 22.9 Å². The van der Waals surface area contributed by atoms with E-state index < -0.39 is 0 Å². The molecule has 0 saturated carbocycles. The number of aryl methyl sites for hydroxylation is 1. The molecule has 0 fully saturated rings. The summed E-state index contributed by atoms with van der Waals surface area (Å²) in [5.41, 5.74) is 1.72. The zero-order valence-corrected chi connectivity index (χ0v) is 14.5. The second kappa shape index (κ2) is 6.78. The second-order valence-electron chi connectivity index (χ2n) is 5.28. The summed E-state index contributed by atoms with van der Waals surface area (Å²) in [5, 5.41) is 9.26. The van der Waals surface area contributed by atoms with Crippen molar-refractivity contribution >= 4 is 27.9 Å². The second-order valence-corrected chi connectivity index (χ2v) is 6.76. The number of hydrogen-bond acceptors (Lipinski definition) is 5. The molecule has 2 heterocycles. The van der Waals surface area contributed by atoms with Crippen LogP contribution in [-0.2, 0) is 13.0 Å². The van der Waals surface area contributed by atoms with Crippen molar-refractivity contribution in [2.24, 2.45) is 0 Å². The molecule has 0 unspecified atom stereocenters. The summed E-state index contributed by atoms with van der Waals surface area (Å²) in [6, 6.07) is 9.39. The van der Waals surface area contributed by atoms with Crippen LogP contribution in [0.15, 0.2) is 35.1 Å². The zero-order chi connectivity index (χ0) is 16.4. The molecule has 0 aliphatic heterocycles. The topological polar surface area (TPSA) is 59.3 Å². The van der Waals surface area contributed by atoms with E-state index in [0.29, 0.717) is 11.5 Å². The standard InChI is InChI=1S/C16H17ClN4OS/c1-3-14-20-21-15(22)8-13(19-16(21)23-14)9-18-10(2)11-4-6-12(17)7-5-11/h4-8,10,18H,3,9H2,1-2H3/t10-/m0/s1. The van der Waals surface area contributed by atoms with Crippen LogP contribution in [0.4, 0.5) is 0 Å². The quantitative estimate of drug-likeness (QED) is 0.769. The molecule has 23 heavy (non-hydrogen) atoms. The normalized spacial score (nSPS) is 12.7. The molecule has 5 nitrogen and oxygen atoms in total. The Kier molecular flexibility index (Phi) is 4.75. The first kappa shape index (κ1) is 16.1. The van der Waals surface area contributed by atoms with Crippen LogP contribution in [0.1, 0.15) is 36.2 Å². The summed E-state index contributed by atoms with van der Waals surface area (Å²) in [7, 11) is 0. The monoisotopic (exact) mass is 348 g/mol. The maximum atomic E-state index is 12.1. The van der Waals surface area contributed by atoms with E-state index in [2.05, 4.69) is 22.3 Å². The molecule has 0 amide bonds. The van der Waals surface area contributed by atoms with Gasteiger partial charge < -0.3 is 5.32 Å². The zero-order valence-electron chi connectivity index (χ0n) is 12.9. The predicted molar refractivity (Wildman–Crippen MR) is 93.2 cm³/mol. The highest BCUT2D eigenvalue weighted by atomic mass is 35.5. The largest absolute Gasteiger partial charge is 0.305 e. The van der Waals surface area contributed by atoms with E-state index in [1.807, 2.05) is 31.2 Å². The Morgan fingerprint density at radius 2 is 2.09 bits per heavy atom. The summed E-state index contributed by atoms with van der Waals surface area (Å²) in [6.45, 7) is 4.60. The van der Waals surface area contributed by atoms with Gasteiger partial charge in [-0.2, -0.15) is 9.61 Å². The molecule has 0 aliphatic rings. The van der Waals surface area contributed by atoms with Crippen molar-refractivity contribution in [1.29, 1.82) is 0 Å². The molecule has 3 aromatic rings. The van der Waals surface area contributed by atoms with Crippen molar-refractivity contribution in [3.63, 3.8) is 0 Å². The Hall–Kier alpha value is -1.76. The van der Waals surface area contributed by atoms with Gasteiger partial charge in [-0.15, -0.1) is 0 Å². The van der Waals surface area contributed by atoms with E-state index in [0.717, 1.165) is 27.7 Å². The Labute approximate surface area is 143 Å². The van der Waals surface area contributed by atoms with E-state index in [9.17, 15) is 4.79 Å². The minimum atomic E-state index is -0.137. The number of benzene rings is 1. The summed E-state index contributed by atoms with van der Waals surface area (Å²) in [4.78, 5) is 17.3. The molecule has 0 bridgehead atoms. The molecule has 0 radical (unpaired) electrons. The first-order valence-corrected chi connectivity index (χ1v) is 8.64. The summed E-state index contributed by atoms with van der Waals surface area (Å²) in [5.74, 6) is 0. The van der Waals surface area contributed by atoms with Crippen LogP contribution in [0.25, 0.3) is 4.96 Å². The third-order valence-corrected chi connectivity index (χ3v) is 4.91. The molecule has 1 aromatic carbocycles. The Balaban J connectivity index is 1.76. The van der Waals surface area contributed by atoms with Gasteiger partial charge in [-0.05, 0) is 31.0 Å². The Bertz CT molecular complexity index is 872. The van der Waals surface area contributed by atoms with Gasteiger partial charge in [-0.25, -0.2) is 4.98 Å². The lowest BCUT2D eigenvalue weighted by atomic mass is 10.1. The van der Waals surface area contributed by atoms with Gasteiger partial charge in [0.15, 0.2) is 0 Å². The third kappa shape index (κ3) is 3.60. The molecule has 7 heteroatoms. The molecular weight excluding hydrogens is 332 g/mol. The van der Waals surface area contributed by atoms with Crippen molar-refractivity contribution in [3.05, 3.63) is 62.0 Å². The number of halogens is 1. The highest BCUT2D eigenvalue weighted by Gasteiger charge is 2.10. The average molecular weight is 349 g/mol. The first-order chi connectivity index (χ1) is 11.1. The summed E-state index contributed by atoms with van der Waals surface area (Å²) < 4.78 is 1.37. The molecule has 1 atom stereocenters. The lowest BCUT2D eigenvalue weighted by Crippen LogP contribution is -2.22. The minimum absolute atomic E-state index is 0.137. The third-order valence-electron chi connectivity index (χ3n) is 3.60. The number of nitrogens with one attached hydrogen (secondary N) is 1. The molecule has 120 valence electrons. The lowest BCUT2D eigenvalue weighted by molar-refractivity contribution is 0.567. The van der Waals surface area contributed by atoms with Crippen molar-refractivity contribution in [3.8, 4) is 0 Å². The van der Waals surface area contributed by atoms with Gasteiger partial charge >= 0.3 is 0 Å². The van der Waals surface area contributed by atoms with Crippen molar-refractivity contribution in [2.75, 3.05) is 0 Å². The van der Waals surface area contributed by atoms with Crippen LogP contribution in [0.2, 0.25) is 5.02 Å². The highest BCUT2D eigenvalue weighted by molar-refractivity contribution is 7.16. The highest BCUT2D eigenvalue weighted by Crippen LogP contribution is 2.17. The van der Waals surface area contributed by atoms with Crippen LogP contribution in [0.3, 0.4) is 0 Å². The van der Waals surface area contributed by atoms with Gasteiger partial charge in [0, 0.05) is 23.7 Å². The van der Waals surface area contributed by atoms with Gasteiger partial charge in [0.05, 0.1) is 5.69 Å². The van der Waals surface area contributed by atoms with E-state index in [-0.39, 0.29) is 11.6 Å². The molecule has 1 N–H and O–H groups in total. The van der Waals surface area contributed by atoms with Gasteiger partial charge in [0.1, 0.15) is 5.01 Å². The number of rotatable bonds is 5. The van der Waals surface area contributed by atoms with E-state index >= 15 is 0 Å². The minimum Gasteiger partial charge on any atom is -0.305 e. The van der Waals surface area contributed by atoms with Crippen molar-refractivity contribution < 1.29 is 0 Å². The first-order valence-electron chi connectivity index (χ1n) is 7.44. The maximum Gasteiger partial charge on any atom is 0.275 e. The molecular formula is C16H17ClN4OS. The van der Waals surface area contributed by atoms with Crippen molar-refractivity contribution in [2.45, 2.75) is 32.9 Å². The van der Waals surface area contributed by atoms with Gasteiger partial charge in [-0.3, -0.25) is 4.79 Å². The fraction of sp³-hybridized carbons (Fsp3) is 0.312. The van der Waals surface area contributed by atoms with E-state index in [4.69, 9.17) is 11.6 Å². The lowest BCUT2D eigenvalue weighted by Gasteiger charge is -2.13. The maximum absolute atomic E-state index is 12.1. The summed E-state index contributed by atoms with van der Waals surface area (Å²) >= 11 is 7.36. The molecule has 0 saturated heterocycles. The average Bonchev–Trinajstić information content (AvgIpc) is 2.97. The fourth-order valence-corrected chi connectivity index (χ4v) is 3.24. The number of aromatic nitrogens is 3. The number of nitrogens with zero attached hydrogens (tertiary/aromatic N) is 3. The molecule has 0 spiro atoms. The van der Waals surface area contributed by atoms with Gasteiger partial charge in [0.2, 0.25) is 4.96 Å². The summed E-state index contributed by atoms with van der Waals surface area (Å²) in [6.07, 6.45) is 0.800. The molecule has 0 aliphatic carbocycles. The Morgan fingerprint density at radius 3 is 2.78 bits per heavy atom. The SMILES string of the molecule is CCc1nn2c(=O)cc(CN[C@@H](C)c3ccc(Cl)cc3)nc2s1. The smallest absolute Gasteiger partial charge is 0.275 e. The molecule has 3 rings (SSSR count). The van der Waals surface area contributed by atoms with E-state index in [1.54, 1.807) is 0 Å². The van der Waals surface area contributed by atoms with E-state index in [1.165, 1.54) is 21.9 Å². The molecule has 2 aromatic heterocycles. The van der Waals surface area contributed by atoms with Crippen LogP contribution in [0, 0.1) is 0 Å². The fourth-order valence-electron chi connectivity index (χ4n) is 2.26. The number of hydrogen-bond donors (Lipinski definition) is 1. The number of fused-ring (bicyclic) bond motifs is 1. The predicted octanol–water partition coefficient (Wildman–Crippen LogP) is 3.22.